The molecule has 0 saturated carbocycles. The van der Waals surface area contributed by atoms with E-state index in [0.717, 1.165) is 4.90 Å². The van der Waals surface area contributed by atoms with Gasteiger partial charge in [-0.05, 0) is 36.4 Å². The largest absolute Gasteiger partial charge is 0.493 e. The fourth-order valence-electron chi connectivity index (χ4n) is 1.82. The Morgan fingerprint density at radius 3 is 2.52 bits per heavy atom. The van der Waals surface area contributed by atoms with E-state index in [4.69, 9.17) is 21.1 Å². The molecule has 1 N–H and O–H groups in total. The normalized spacial score (nSPS) is 10.2. The summed E-state index contributed by atoms with van der Waals surface area (Å²) < 4.78 is 10.8. The predicted molar refractivity (Wildman–Crippen MR) is 93.7 cm³/mol. The molecule has 2 aromatic carbocycles. The van der Waals surface area contributed by atoms with Gasteiger partial charge in [0.1, 0.15) is 6.61 Å². The van der Waals surface area contributed by atoms with Crippen molar-refractivity contribution in [1.29, 1.82) is 0 Å². The molecule has 0 atom stereocenters. The van der Waals surface area contributed by atoms with Crippen LogP contribution in [0.15, 0.2) is 53.4 Å². The van der Waals surface area contributed by atoms with Gasteiger partial charge in [-0.25, -0.2) is 0 Å². The Labute approximate surface area is 145 Å². The Bertz CT molecular complexity index is 634. The summed E-state index contributed by atoms with van der Waals surface area (Å²) in [5.41, 5.74) is 0. The van der Waals surface area contributed by atoms with Crippen LogP contribution in [0.1, 0.15) is 0 Å². The van der Waals surface area contributed by atoms with Gasteiger partial charge in [0.05, 0.1) is 19.4 Å². The first-order valence-electron chi connectivity index (χ1n) is 7.10. The average molecular weight is 352 g/mol. The van der Waals surface area contributed by atoms with Crippen LogP contribution in [0.3, 0.4) is 0 Å². The number of carbonyl (C=O) groups excluding carboxylic acids is 1. The van der Waals surface area contributed by atoms with Crippen LogP contribution in [-0.2, 0) is 4.79 Å². The van der Waals surface area contributed by atoms with Crippen molar-refractivity contribution in [2.45, 2.75) is 4.90 Å². The van der Waals surface area contributed by atoms with Gasteiger partial charge < -0.3 is 14.8 Å². The SMILES string of the molecule is COc1ccccc1OCCNC(=O)CSc1ccc(Cl)cc1. The highest BCUT2D eigenvalue weighted by molar-refractivity contribution is 8.00. The van der Waals surface area contributed by atoms with Gasteiger partial charge in [-0.1, -0.05) is 23.7 Å². The van der Waals surface area contributed by atoms with Crippen LogP contribution >= 0.6 is 23.4 Å². The maximum absolute atomic E-state index is 11.8. The summed E-state index contributed by atoms with van der Waals surface area (Å²) in [4.78, 5) is 12.8. The topological polar surface area (TPSA) is 47.6 Å². The standard InChI is InChI=1S/C17H18ClNO3S/c1-21-15-4-2-3-5-16(15)22-11-10-19-17(20)12-23-14-8-6-13(18)7-9-14/h2-9H,10-12H2,1H3,(H,19,20). The highest BCUT2D eigenvalue weighted by Gasteiger charge is 2.04. The Kier molecular flexibility index (Phi) is 7.10. The molecule has 0 spiro atoms. The summed E-state index contributed by atoms with van der Waals surface area (Å²) in [6.07, 6.45) is 0. The molecule has 0 aliphatic rings. The first-order valence-corrected chi connectivity index (χ1v) is 8.46. The van der Waals surface area contributed by atoms with Crippen molar-refractivity contribution < 1.29 is 14.3 Å². The first-order chi connectivity index (χ1) is 11.2. The third-order valence-corrected chi connectivity index (χ3v) is 4.20. The summed E-state index contributed by atoms with van der Waals surface area (Å²) in [6.45, 7) is 0.829. The van der Waals surface area contributed by atoms with Gasteiger partial charge in [0.2, 0.25) is 5.91 Å². The van der Waals surface area contributed by atoms with Gasteiger partial charge in [0, 0.05) is 9.92 Å². The molecule has 2 aromatic rings. The van der Waals surface area contributed by atoms with Crippen molar-refractivity contribution >= 4 is 29.3 Å². The van der Waals surface area contributed by atoms with Gasteiger partial charge in [-0.15, -0.1) is 11.8 Å². The maximum atomic E-state index is 11.8. The minimum atomic E-state index is -0.0337. The van der Waals surface area contributed by atoms with Crippen LogP contribution in [-0.4, -0.2) is 31.9 Å². The van der Waals surface area contributed by atoms with Crippen LogP contribution < -0.4 is 14.8 Å². The van der Waals surface area contributed by atoms with Crippen LogP contribution in [0.25, 0.3) is 0 Å². The number of para-hydroxylation sites is 2. The van der Waals surface area contributed by atoms with E-state index in [1.54, 1.807) is 7.11 Å². The van der Waals surface area contributed by atoms with Crippen molar-refractivity contribution in [2.75, 3.05) is 26.0 Å². The second-order valence-electron chi connectivity index (χ2n) is 4.59. The molecule has 0 saturated heterocycles. The number of methoxy groups -OCH3 is 1. The zero-order valence-corrected chi connectivity index (χ0v) is 14.3. The van der Waals surface area contributed by atoms with Crippen LogP contribution in [0, 0.1) is 0 Å². The van der Waals surface area contributed by atoms with Crippen molar-refractivity contribution in [3.63, 3.8) is 0 Å². The minimum absolute atomic E-state index is 0.0337. The van der Waals surface area contributed by atoms with Crippen molar-refractivity contribution in [1.82, 2.24) is 5.32 Å². The number of hydrogen-bond acceptors (Lipinski definition) is 4. The van der Waals surface area contributed by atoms with Crippen LogP contribution in [0.4, 0.5) is 0 Å². The number of benzene rings is 2. The number of thioether (sulfide) groups is 1. The van der Waals surface area contributed by atoms with Crippen molar-refractivity contribution in [2.24, 2.45) is 0 Å². The Morgan fingerprint density at radius 1 is 1.13 bits per heavy atom. The van der Waals surface area contributed by atoms with E-state index in [9.17, 15) is 4.79 Å². The van der Waals surface area contributed by atoms with Crippen molar-refractivity contribution in [3.05, 3.63) is 53.6 Å². The summed E-state index contributed by atoms with van der Waals surface area (Å²) in [6, 6.07) is 14.8. The third kappa shape index (κ3) is 6.04. The third-order valence-electron chi connectivity index (χ3n) is 2.93. The summed E-state index contributed by atoms with van der Waals surface area (Å²) in [7, 11) is 1.60. The molecule has 0 aromatic heterocycles. The second-order valence-corrected chi connectivity index (χ2v) is 6.08. The molecule has 0 radical (unpaired) electrons. The van der Waals surface area contributed by atoms with E-state index in [1.807, 2.05) is 48.5 Å². The number of ether oxygens (including phenoxy) is 2. The second kappa shape index (κ2) is 9.33. The lowest BCUT2D eigenvalue weighted by molar-refractivity contribution is -0.118. The quantitative estimate of drug-likeness (QED) is 0.582. The molecule has 6 heteroatoms. The molecule has 0 aliphatic heterocycles. The summed E-state index contributed by atoms with van der Waals surface area (Å²) >= 11 is 7.29. The van der Waals surface area contributed by atoms with Gasteiger partial charge in [-0.3, -0.25) is 4.79 Å². The minimum Gasteiger partial charge on any atom is -0.493 e. The Balaban J connectivity index is 1.66. The maximum Gasteiger partial charge on any atom is 0.230 e. The zero-order valence-electron chi connectivity index (χ0n) is 12.8. The molecule has 2 rings (SSSR count). The van der Waals surface area contributed by atoms with Gasteiger partial charge in [0.15, 0.2) is 11.5 Å². The fraction of sp³-hybridized carbons (Fsp3) is 0.235. The summed E-state index contributed by atoms with van der Waals surface area (Å²) in [5, 5.41) is 3.51. The summed E-state index contributed by atoms with van der Waals surface area (Å²) in [5.74, 6) is 1.67. The van der Waals surface area contributed by atoms with Crippen LogP contribution in [0.2, 0.25) is 5.02 Å². The van der Waals surface area contributed by atoms with E-state index in [2.05, 4.69) is 5.32 Å². The molecule has 0 bridgehead atoms. The number of amides is 1. The lowest BCUT2D eigenvalue weighted by atomic mass is 10.3. The lowest BCUT2D eigenvalue weighted by Crippen LogP contribution is -2.29. The van der Waals surface area contributed by atoms with Gasteiger partial charge in [-0.2, -0.15) is 0 Å². The Hall–Kier alpha value is -1.85. The first kappa shape index (κ1) is 17.5. The smallest absolute Gasteiger partial charge is 0.230 e. The van der Waals surface area contributed by atoms with Gasteiger partial charge >= 0.3 is 0 Å². The molecular formula is C17H18ClNO3S. The van der Waals surface area contributed by atoms with Crippen LogP contribution in [0.5, 0.6) is 11.5 Å². The average Bonchev–Trinajstić information content (AvgIpc) is 2.58. The number of halogens is 1. The zero-order chi connectivity index (χ0) is 16.5. The lowest BCUT2D eigenvalue weighted by Gasteiger charge is -2.10. The number of rotatable bonds is 8. The fourth-order valence-corrected chi connectivity index (χ4v) is 2.67. The number of nitrogens with one attached hydrogen (secondary N) is 1. The molecule has 122 valence electrons. The van der Waals surface area contributed by atoms with E-state index in [1.165, 1.54) is 11.8 Å². The Morgan fingerprint density at radius 2 is 1.83 bits per heavy atom. The molecule has 23 heavy (non-hydrogen) atoms. The molecule has 0 heterocycles. The molecule has 1 amide bonds. The highest BCUT2D eigenvalue weighted by Crippen LogP contribution is 2.25. The number of hydrogen-bond donors (Lipinski definition) is 1. The highest BCUT2D eigenvalue weighted by atomic mass is 35.5. The van der Waals surface area contributed by atoms with E-state index >= 15 is 0 Å². The predicted octanol–water partition coefficient (Wildman–Crippen LogP) is 3.64. The monoisotopic (exact) mass is 351 g/mol. The molecule has 0 fully saturated rings. The molecular weight excluding hydrogens is 334 g/mol. The van der Waals surface area contributed by atoms with Gasteiger partial charge in [0.25, 0.3) is 0 Å². The van der Waals surface area contributed by atoms with Crippen molar-refractivity contribution in [3.8, 4) is 11.5 Å². The molecule has 0 unspecified atom stereocenters. The molecule has 4 nitrogen and oxygen atoms in total. The number of carbonyl (C=O) groups is 1. The van der Waals surface area contributed by atoms with E-state index < -0.39 is 0 Å². The van der Waals surface area contributed by atoms with E-state index in [0.29, 0.717) is 35.4 Å². The molecule has 0 aliphatic carbocycles. The van der Waals surface area contributed by atoms with E-state index in [-0.39, 0.29) is 5.91 Å².